The van der Waals surface area contributed by atoms with E-state index in [2.05, 4.69) is 20.3 Å². The van der Waals surface area contributed by atoms with Crippen LogP contribution in [0.15, 0.2) is 61.1 Å². The van der Waals surface area contributed by atoms with Crippen molar-refractivity contribution in [3.05, 3.63) is 78.1 Å². The quantitative estimate of drug-likeness (QED) is 0.739. The third kappa shape index (κ3) is 4.60. The Kier molecular flexibility index (Phi) is 5.48. The highest BCUT2D eigenvalue weighted by atomic mass is 19.1. The average Bonchev–Trinajstić information content (AvgIpc) is 2.68. The maximum Gasteiger partial charge on any atom is 0.272 e. The van der Waals surface area contributed by atoms with Crippen molar-refractivity contribution >= 4 is 17.5 Å². The van der Waals surface area contributed by atoms with Crippen LogP contribution in [0.25, 0.3) is 0 Å². The molecule has 2 aromatic heterocycles. The molecule has 1 aromatic carbocycles. The number of halogens is 1. The maximum atomic E-state index is 13.0. The Bertz CT molecular complexity index is 871. The molecular formula is C19H18FN5O. The molecule has 0 saturated heterocycles. The van der Waals surface area contributed by atoms with E-state index in [9.17, 15) is 9.18 Å². The van der Waals surface area contributed by atoms with Crippen LogP contribution in [0.4, 0.5) is 16.0 Å². The first kappa shape index (κ1) is 17.5. The van der Waals surface area contributed by atoms with Crippen molar-refractivity contribution in [3.63, 3.8) is 0 Å². The molecule has 6 nitrogen and oxygen atoms in total. The molecule has 3 rings (SSSR count). The van der Waals surface area contributed by atoms with Crippen molar-refractivity contribution in [2.24, 2.45) is 0 Å². The molecule has 132 valence electrons. The second-order valence-corrected chi connectivity index (χ2v) is 5.73. The molecule has 0 aliphatic rings. The Morgan fingerprint density at radius 3 is 2.54 bits per heavy atom. The fourth-order valence-electron chi connectivity index (χ4n) is 2.34. The minimum Gasteiger partial charge on any atom is -0.340 e. The topological polar surface area (TPSA) is 71.0 Å². The van der Waals surface area contributed by atoms with Crippen LogP contribution in [0.2, 0.25) is 0 Å². The molecule has 0 bridgehead atoms. The van der Waals surface area contributed by atoms with Gasteiger partial charge in [0.15, 0.2) is 0 Å². The monoisotopic (exact) mass is 351 g/mol. The molecule has 26 heavy (non-hydrogen) atoms. The average molecular weight is 351 g/mol. The normalized spacial score (nSPS) is 10.4. The van der Waals surface area contributed by atoms with Gasteiger partial charge < -0.3 is 10.2 Å². The first-order valence-electron chi connectivity index (χ1n) is 8.12. The van der Waals surface area contributed by atoms with Crippen molar-refractivity contribution < 1.29 is 9.18 Å². The van der Waals surface area contributed by atoms with Gasteiger partial charge in [-0.3, -0.25) is 9.78 Å². The highest BCUT2D eigenvalue weighted by Gasteiger charge is 2.14. The van der Waals surface area contributed by atoms with E-state index in [4.69, 9.17) is 0 Å². The minimum absolute atomic E-state index is 0.191. The number of rotatable bonds is 6. The van der Waals surface area contributed by atoms with Gasteiger partial charge in [0.25, 0.3) is 5.91 Å². The van der Waals surface area contributed by atoms with E-state index in [0.717, 1.165) is 12.0 Å². The molecule has 0 fully saturated rings. The number of anilines is 2. The Morgan fingerprint density at radius 2 is 1.81 bits per heavy atom. The van der Waals surface area contributed by atoms with Crippen molar-refractivity contribution in [1.82, 2.24) is 19.9 Å². The molecule has 1 amide bonds. The van der Waals surface area contributed by atoms with Gasteiger partial charge in [0.05, 0.1) is 0 Å². The van der Waals surface area contributed by atoms with E-state index in [0.29, 0.717) is 17.9 Å². The number of carbonyl (C=O) groups excluding carboxylic acids is 1. The molecule has 2 heterocycles. The van der Waals surface area contributed by atoms with Crippen molar-refractivity contribution in [3.8, 4) is 0 Å². The molecule has 0 aliphatic carbocycles. The number of hydrogen-bond acceptors (Lipinski definition) is 5. The number of likely N-dealkylation sites (N-methyl/N-ethyl adjacent to an activating group) is 1. The van der Waals surface area contributed by atoms with Gasteiger partial charge in [-0.05, 0) is 54.4 Å². The van der Waals surface area contributed by atoms with E-state index < -0.39 is 0 Å². The van der Waals surface area contributed by atoms with Crippen LogP contribution < -0.4 is 5.32 Å². The summed E-state index contributed by atoms with van der Waals surface area (Å²) in [5, 5.41) is 2.96. The first-order chi connectivity index (χ1) is 12.6. The summed E-state index contributed by atoms with van der Waals surface area (Å²) < 4.78 is 13.0. The zero-order chi connectivity index (χ0) is 18.4. The van der Waals surface area contributed by atoms with Crippen LogP contribution >= 0.6 is 0 Å². The lowest BCUT2D eigenvalue weighted by Gasteiger charge is -2.17. The maximum absolute atomic E-state index is 13.0. The van der Waals surface area contributed by atoms with Gasteiger partial charge in [-0.1, -0.05) is 0 Å². The Hall–Kier alpha value is -3.35. The summed E-state index contributed by atoms with van der Waals surface area (Å²) in [5.74, 6) is -0.232. The lowest BCUT2D eigenvalue weighted by molar-refractivity contribution is 0.0791. The van der Waals surface area contributed by atoms with Gasteiger partial charge in [-0.15, -0.1) is 0 Å². The van der Waals surface area contributed by atoms with Crippen LogP contribution in [0.3, 0.4) is 0 Å². The molecule has 0 atom stereocenters. The molecule has 0 unspecified atom stereocenters. The third-order valence-corrected chi connectivity index (χ3v) is 3.81. The highest BCUT2D eigenvalue weighted by molar-refractivity contribution is 5.92. The molecule has 0 radical (unpaired) electrons. The largest absolute Gasteiger partial charge is 0.340 e. The van der Waals surface area contributed by atoms with E-state index >= 15 is 0 Å². The minimum atomic E-state index is -0.323. The summed E-state index contributed by atoms with van der Waals surface area (Å²) in [6.07, 6.45) is 5.71. The zero-order valence-corrected chi connectivity index (χ0v) is 14.3. The van der Waals surface area contributed by atoms with E-state index in [1.807, 2.05) is 12.1 Å². The first-order valence-corrected chi connectivity index (χ1v) is 8.12. The number of nitrogens with zero attached hydrogens (tertiary/aromatic N) is 4. The van der Waals surface area contributed by atoms with E-state index in [-0.39, 0.29) is 17.7 Å². The van der Waals surface area contributed by atoms with Crippen LogP contribution in [0, 0.1) is 5.82 Å². The van der Waals surface area contributed by atoms with Gasteiger partial charge in [-0.2, -0.15) is 0 Å². The summed E-state index contributed by atoms with van der Waals surface area (Å²) in [4.78, 5) is 26.5. The van der Waals surface area contributed by atoms with Crippen molar-refractivity contribution in [2.45, 2.75) is 6.42 Å². The lowest BCUT2D eigenvalue weighted by Crippen LogP contribution is -2.29. The second-order valence-electron chi connectivity index (χ2n) is 5.73. The Morgan fingerprint density at radius 1 is 1.08 bits per heavy atom. The molecule has 0 spiro atoms. The van der Waals surface area contributed by atoms with Gasteiger partial charge in [0.2, 0.25) is 5.95 Å². The van der Waals surface area contributed by atoms with E-state index in [1.165, 1.54) is 18.3 Å². The lowest BCUT2D eigenvalue weighted by atomic mass is 10.2. The molecule has 7 heteroatoms. The summed E-state index contributed by atoms with van der Waals surface area (Å²) in [6.45, 7) is 0.563. The van der Waals surface area contributed by atoms with Crippen molar-refractivity contribution in [1.29, 1.82) is 0 Å². The fraction of sp³-hybridized carbons (Fsp3) is 0.158. The molecule has 0 saturated carbocycles. The van der Waals surface area contributed by atoms with Crippen molar-refractivity contribution in [2.75, 3.05) is 18.9 Å². The van der Waals surface area contributed by atoms with Gasteiger partial charge in [-0.25, -0.2) is 14.4 Å². The second kappa shape index (κ2) is 8.15. The summed E-state index contributed by atoms with van der Waals surface area (Å²) in [5.41, 5.74) is 2.05. The van der Waals surface area contributed by atoms with Crippen LogP contribution in [-0.2, 0) is 6.42 Å². The third-order valence-electron chi connectivity index (χ3n) is 3.81. The summed E-state index contributed by atoms with van der Waals surface area (Å²) >= 11 is 0. The number of aromatic nitrogens is 3. The predicted molar refractivity (Wildman–Crippen MR) is 96.6 cm³/mol. The number of benzene rings is 1. The highest BCUT2D eigenvalue weighted by Crippen LogP contribution is 2.14. The Labute approximate surface area is 150 Å². The molecule has 1 N–H and O–H groups in total. The number of hydrogen-bond donors (Lipinski definition) is 1. The SMILES string of the molecule is CN(CCc1ccncc1)C(=O)c1ccnc(Nc2ccc(F)cc2)n1. The number of amides is 1. The standard InChI is InChI=1S/C19H18FN5O/c1-25(13-9-14-6-10-21-11-7-14)18(26)17-8-12-22-19(24-17)23-16-4-2-15(20)3-5-16/h2-8,10-12H,9,13H2,1H3,(H,22,23,24). The molecular weight excluding hydrogens is 333 g/mol. The number of nitrogens with one attached hydrogen (secondary N) is 1. The number of carbonyl (C=O) groups is 1. The number of pyridine rings is 1. The van der Waals surface area contributed by atoms with Gasteiger partial charge >= 0.3 is 0 Å². The fourth-order valence-corrected chi connectivity index (χ4v) is 2.34. The Balaban J connectivity index is 1.64. The van der Waals surface area contributed by atoms with Gasteiger partial charge in [0.1, 0.15) is 11.5 Å². The van der Waals surface area contributed by atoms with Crippen LogP contribution in [0.5, 0.6) is 0 Å². The predicted octanol–water partition coefficient (Wildman–Crippen LogP) is 3.07. The summed E-state index contributed by atoms with van der Waals surface area (Å²) in [6, 6.07) is 11.2. The van der Waals surface area contributed by atoms with Crippen LogP contribution in [0.1, 0.15) is 16.1 Å². The zero-order valence-electron chi connectivity index (χ0n) is 14.3. The van der Waals surface area contributed by atoms with Gasteiger partial charge in [0, 0.05) is 37.9 Å². The van der Waals surface area contributed by atoms with Crippen LogP contribution in [-0.4, -0.2) is 39.4 Å². The molecule has 0 aliphatic heterocycles. The summed E-state index contributed by atoms with van der Waals surface area (Å²) in [7, 11) is 1.73. The molecule has 3 aromatic rings. The van der Waals surface area contributed by atoms with E-state index in [1.54, 1.807) is 42.5 Å². The smallest absolute Gasteiger partial charge is 0.272 e.